The molecule has 0 radical (unpaired) electrons. The Morgan fingerprint density at radius 1 is 1.02 bits per heavy atom. The monoisotopic (exact) mass is 560 g/mol. The lowest BCUT2D eigenvalue weighted by Gasteiger charge is -2.45. The normalized spacial score (nSPS) is 21.0. The topological polar surface area (TPSA) is 82.2 Å². The molecule has 2 heterocycles. The molecule has 1 fully saturated rings. The zero-order chi connectivity index (χ0) is 29.9. The molecule has 3 atom stereocenters. The molecule has 0 spiro atoms. The number of fused-ring (bicyclic) bond motifs is 1. The van der Waals surface area contributed by atoms with E-state index in [9.17, 15) is 14.4 Å². The Kier molecular flexibility index (Phi) is 9.10. The fourth-order valence-electron chi connectivity index (χ4n) is 5.98. The molecule has 2 aliphatic rings. The van der Waals surface area contributed by atoms with Gasteiger partial charge in [0.1, 0.15) is 5.60 Å². The van der Waals surface area contributed by atoms with Crippen LogP contribution in [0.1, 0.15) is 75.4 Å². The average Bonchev–Trinajstić information content (AvgIpc) is 2.94. The third kappa shape index (κ3) is 6.75. The molecule has 0 aromatic heterocycles. The van der Waals surface area contributed by atoms with E-state index < -0.39 is 5.60 Å². The van der Waals surface area contributed by atoms with Gasteiger partial charge >= 0.3 is 6.09 Å². The Labute approximate surface area is 244 Å². The van der Waals surface area contributed by atoms with Crippen molar-refractivity contribution in [1.29, 1.82) is 0 Å². The van der Waals surface area contributed by atoms with E-state index in [1.54, 1.807) is 18.9 Å². The smallest absolute Gasteiger partial charge is 0.410 e. The second-order valence-corrected chi connectivity index (χ2v) is 12.0. The summed E-state index contributed by atoms with van der Waals surface area (Å²) in [5, 5.41) is 2.66. The lowest BCUT2D eigenvalue weighted by Crippen LogP contribution is -2.50. The van der Waals surface area contributed by atoms with Crippen LogP contribution in [0.2, 0.25) is 0 Å². The van der Waals surface area contributed by atoms with Crippen LogP contribution in [-0.4, -0.2) is 67.7 Å². The summed E-state index contributed by atoms with van der Waals surface area (Å²) >= 11 is 0. The molecular weight excluding hydrogens is 516 g/mol. The minimum Gasteiger partial charge on any atom is -0.444 e. The number of hydrogen-bond acceptors (Lipinski definition) is 5. The van der Waals surface area contributed by atoms with Crippen molar-refractivity contribution >= 4 is 35.4 Å². The van der Waals surface area contributed by atoms with Crippen molar-refractivity contribution in [2.75, 3.05) is 43.0 Å². The first-order valence-electron chi connectivity index (χ1n) is 14.6. The second kappa shape index (κ2) is 12.4. The van der Waals surface area contributed by atoms with Crippen molar-refractivity contribution in [1.82, 2.24) is 10.2 Å². The van der Waals surface area contributed by atoms with Crippen molar-refractivity contribution in [2.45, 2.75) is 65.5 Å². The number of carbonyl (C=O) groups is 3. The Hall–Kier alpha value is -3.81. The summed E-state index contributed by atoms with van der Waals surface area (Å²) in [5.74, 6) is 0.255. The number of hydrogen-bond donors (Lipinski definition) is 1. The standard InChI is InChI=1S/C33H44N4O4/c1-8-29-22(2)27(15-11-24-9-12-25(13-10-24)31(39)34-7)28-21-26(14-16-30(28)37(29)23(3)38)35-17-19-36(20-18-35)32(40)41-33(4,5)6/h9-16,21-22,27,29H,8,17-20H2,1-7H3,(H,34,39)/b15-11-/t22-,27?,29+/m1/s1. The summed E-state index contributed by atoms with van der Waals surface area (Å²) in [5.41, 5.74) is 4.30. The summed E-state index contributed by atoms with van der Waals surface area (Å²) < 4.78 is 5.56. The van der Waals surface area contributed by atoms with Crippen LogP contribution in [0.4, 0.5) is 16.2 Å². The van der Waals surface area contributed by atoms with Crippen molar-refractivity contribution in [3.63, 3.8) is 0 Å². The van der Waals surface area contributed by atoms with Gasteiger partial charge in [0.15, 0.2) is 0 Å². The van der Waals surface area contributed by atoms with Crippen LogP contribution in [0.25, 0.3) is 6.08 Å². The zero-order valence-corrected chi connectivity index (χ0v) is 25.4. The molecular formula is C33H44N4O4. The Morgan fingerprint density at radius 3 is 2.24 bits per heavy atom. The van der Waals surface area contributed by atoms with E-state index in [2.05, 4.69) is 54.4 Å². The van der Waals surface area contributed by atoms with Crippen molar-refractivity contribution < 1.29 is 19.1 Å². The first-order valence-corrected chi connectivity index (χ1v) is 14.6. The molecule has 2 aliphatic heterocycles. The first-order chi connectivity index (χ1) is 19.4. The summed E-state index contributed by atoms with van der Waals surface area (Å²) in [6, 6.07) is 14.1. The number of piperazine rings is 1. The molecule has 1 saturated heterocycles. The van der Waals surface area contributed by atoms with Gasteiger partial charge in [-0.3, -0.25) is 9.59 Å². The molecule has 0 bridgehead atoms. The summed E-state index contributed by atoms with van der Waals surface area (Å²) in [6.45, 7) is 14.3. The number of nitrogens with one attached hydrogen (secondary N) is 1. The molecule has 0 saturated carbocycles. The average molecular weight is 561 g/mol. The van der Waals surface area contributed by atoms with Gasteiger partial charge in [-0.1, -0.05) is 38.1 Å². The molecule has 3 amide bonds. The molecule has 2 aromatic rings. The Bertz CT molecular complexity index is 1290. The van der Waals surface area contributed by atoms with Gasteiger partial charge in [-0.05, 0) is 74.6 Å². The molecule has 220 valence electrons. The third-order valence-corrected chi connectivity index (χ3v) is 8.08. The maximum Gasteiger partial charge on any atom is 0.410 e. The number of rotatable bonds is 5. The first kappa shape index (κ1) is 30.2. The maximum absolute atomic E-state index is 12.9. The molecule has 2 aromatic carbocycles. The second-order valence-electron chi connectivity index (χ2n) is 12.0. The van der Waals surface area contributed by atoms with Crippen LogP contribution in [0.5, 0.6) is 0 Å². The molecule has 0 aliphatic carbocycles. The van der Waals surface area contributed by atoms with E-state index in [1.165, 1.54) is 0 Å². The minimum absolute atomic E-state index is 0.0518. The summed E-state index contributed by atoms with van der Waals surface area (Å²) in [6.07, 6.45) is 4.94. The third-order valence-electron chi connectivity index (χ3n) is 8.08. The van der Waals surface area contributed by atoms with E-state index in [4.69, 9.17) is 4.74 Å². The van der Waals surface area contributed by atoms with Crippen molar-refractivity contribution in [2.24, 2.45) is 5.92 Å². The van der Waals surface area contributed by atoms with Gasteiger partial charge in [-0.2, -0.15) is 0 Å². The number of ether oxygens (including phenoxy) is 1. The largest absolute Gasteiger partial charge is 0.444 e. The number of benzene rings is 2. The fourth-order valence-corrected chi connectivity index (χ4v) is 5.98. The zero-order valence-electron chi connectivity index (χ0n) is 25.4. The van der Waals surface area contributed by atoms with E-state index in [0.717, 1.165) is 28.9 Å². The van der Waals surface area contributed by atoms with Crippen LogP contribution in [0.3, 0.4) is 0 Å². The highest BCUT2D eigenvalue weighted by molar-refractivity contribution is 5.95. The van der Waals surface area contributed by atoms with E-state index in [-0.39, 0.29) is 35.8 Å². The number of carbonyl (C=O) groups excluding carboxylic acids is 3. The van der Waals surface area contributed by atoms with Gasteiger partial charge in [0.05, 0.1) is 0 Å². The fraction of sp³-hybridized carbons (Fsp3) is 0.485. The quantitative estimate of drug-likeness (QED) is 0.509. The van der Waals surface area contributed by atoms with Crippen LogP contribution in [0.15, 0.2) is 48.5 Å². The molecule has 41 heavy (non-hydrogen) atoms. The van der Waals surface area contributed by atoms with Gasteiger partial charge in [-0.25, -0.2) is 4.79 Å². The van der Waals surface area contributed by atoms with Gasteiger partial charge in [-0.15, -0.1) is 0 Å². The lowest BCUT2D eigenvalue weighted by atomic mass is 9.75. The molecule has 8 nitrogen and oxygen atoms in total. The van der Waals surface area contributed by atoms with Gasteiger partial charge in [0.2, 0.25) is 5.91 Å². The van der Waals surface area contributed by atoms with Gasteiger partial charge in [0, 0.05) is 69.0 Å². The van der Waals surface area contributed by atoms with Gasteiger partial charge < -0.3 is 24.8 Å². The van der Waals surface area contributed by atoms with Crippen LogP contribution < -0.4 is 15.1 Å². The molecule has 8 heteroatoms. The number of anilines is 2. The minimum atomic E-state index is -0.517. The van der Waals surface area contributed by atoms with Crippen molar-refractivity contribution in [3.05, 3.63) is 65.2 Å². The SMILES string of the molecule is CC[C@H]1[C@H](C)C(/C=C\c2ccc(C(=O)NC)cc2)c2cc(N3CCN(C(=O)OC(C)(C)C)CC3)ccc2N1C(C)=O. The molecule has 4 rings (SSSR count). The van der Waals surface area contributed by atoms with E-state index >= 15 is 0 Å². The van der Waals surface area contributed by atoms with E-state index in [0.29, 0.717) is 31.7 Å². The summed E-state index contributed by atoms with van der Waals surface area (Å²) in [4.78, 5) is 43.4. The van der Waals surface area contributed by atoms with Crippen LogP contribution in [0, 0.1) is 5.92 Å². The number of nitrogens with zero attached hydrogens (tertiary/aromatic N) is 3. The Balaban J connectivity index is 1.62. The lowest BCUT2D eigenvalue weighted by molar-refractivity contribution is -0.117. The van der Waals surface area contributed by atoms with Crippen LogP contribution in [-0.2, 0) is 9.53 Å². The highest BCUT2D eigenvalue weighted by Crippen LogP contribution is 2.45. The highest BCUT2D eigenvalue weighted by atomic mass is 16.6. The predicted molar refractivity (Wildman–Crippen MR) is 164 cm³/mol. The number of amides is 3. The predicted octanol–water partition coefficient (Wildman–Crippen LogP) is 5.68. The van der Waals surface area contributed by atoms with Crippen molar-refractivity contribution in [3.8, 4) is 0 Å². The number of allylic oxidation sites excluding steroid dienone is 1. The molecule has 1 N–H and O–H groups in total. The van der Waals surface area contributed by atoms with Crippen LogP contribution >= 0.6 is 0 Å². The summed E-state index contributed by atoms with van der Waals surface area (Å²) in [7, 11) is 1.63. The highest BCUT2D eigenvalue weighted by Gasteiger charge is 2.39. The Morgan fingerprint density at radius 2 is 1.68 bits per heavy atom. The molecule has 1 unspecified atom stereocenters. The van der Waals surface area contributed by atoms with Gasteiger partial charge in [0.25, 0.3) is 5.91 Å². The van der Waals surface area contributed by atoms with E-state index in [1.807, 2.05) is 49.9 Å². The maximum atomic E-state index is 12.9.